The molecule has 0 aliphatic heterocycles. The Morgan fingerprint density at radius 3 is 2.46 bits per heavy atom. The van der Waals surface area contributed by atoms with E-state index >= 15 is 0 Å². The SMILES string of the molecule is CC(C)CC(NC(=O)OC(C)(C)C)C(=O)N[S+]([O-])c1ccc(F)c(Cl)c1. The van der Waals surface area contributed by atoms with Crippen LogP contribution in [0.5, 0.6) is 0 Å². The Morgan fingerprint density at radius 1 is 1.35 bits per heavy atom. The van der Waals surface area contributed by atoms with Gasteiger partial charge in [-0.25, -0.2) is 9.18 Å². The maximum atomic E-state index is 13.2. The number of carbonyl (C=O) groups is 2. The van der Waals surface area contributed by atoms with Gasteiger partial charge in [-0.2, -0.15) is 4.72 Å². The molecule has 0 fully saturated rings. The van der Waals surface area contributed by atoms with E-state index in [1.165, 1.54) is 12.1 Å². The van der Waals surface area contributed by atoms with E-state index in [1.54, 1.807) is 20.8 Å². The fraction of sp³-hybridized carbons (Fsp3) is 0.529. The van der Waals surface area contributed by atoms with Crippen molar-refractivity contribution >= 4 is 35.0 Å². The van der Waals surface area contributed by atoms with Crippen LogP contribution in [0, 0.1) is 11.7 Å². The first-order chi connectivity index (χ1) is 11.9. The van der Waals surface area contributed by atoms with Gasteiger partial charge in [-0.1, -0.05) is 25.4 Å². The molecule has 0 aliphatic carbocycles. The summed E-state index contributed by atoms with van der Waals surface area (Å²) in [5.41, 5.74) is -0.712. The summed E-state index contributed by atoms with van der Waals surface area (Å²) in [6.07, 6.45) is -0.416. The minimum atomic E-state index is -1.94. The maximum Gasteiger partial charge on any atom is 0.408 e. The van der Waals surface area contributed by atoms with Gasteiger partial charge in [-0.05, 0) is 45.2 Å². The van der Waals surface area contributed by atoms with Gasteiger partial charge in [0.2, 0.25) is 0 Å². The van der Waals surface area contributed by atoms with Crippen LogP contribution in [-0.4, -0.2) is 28.2 Å². The molecule has 2 amide bonds. The molecule has 0 aromatic heterocycles. The molecule has 26 heavy (non-hydrogen) atoms. The normalized spacial score (nSPS) is 13.9. The zero-order valence-corrected chi connectivity index (χ0v) is 17.0. The van der Waals surface area contributed by atoms with E-state index in [0.717, 1.165) is 6.07 Å². The summed E-state index contributed by atoms with van der Waals surface area (Å²) >= 11 is 3.72. The zero-order valence-electron chi connectivity index (χ0n) is 15.4. The number of hydrogen-bond donors (Lipinski definition) is 2. The van der Waals surface area contributed by atoms with Gasteiger partial charge < -0.3 is 14.6 Å². The van der Waals surface area contributed by atoms with E-state index in [1.807, 2.05) is 13.8 Å². The standard InChI is InChI=1S/C17H24ClFN2O4S/c1-10(2)8-14(20-16(23)25-17(3,4)5)15(22)21-26(24)11-6-7-13(19)12(18)9-11/h6-7,9-10,14H,8H2,1-5H3,(H,20,23)(H,21,22). The van der Waals surface area contributed by atoms with Crippen molar-refractivity contribution in [2.45, 2.75) is 57.6 Å². The molecule has 9 heteroatoms. The zero-order chi connectivity index (χ0) is 20.1. The molecule has 2 N–H and O–H groups in total. The molecule has 0 bridgehead atoms. The van der Waals surface area contributed by atoms with Gasteiger partial charge in [-0.15, -0.1) is 0 Å². The summed E-state index contributed by atoms with van der Waals surface area (Å²) in [5, 5.41) is 2.29. The largest absolute Gasteiger partial charge is 0.588 e. The smallest absolute Gasteiger partial charge is 0.408 e. The first-order valence-corrected chi connectivity index (χ1v) is 9.58. The summed E-state index contributed by atoms with van der Waals surface area (Å²) in [6, 6.07) is 2.57. The third-order valence-corrected chi connectivity index (χ3v) is 4.37. The molecular weight excluding hydrogens is 383 g/mol. The molecule has 2 unspecified atom stereocenters. The van der Waals surface area contributed by atoms with Gasteiger partial charge in [0.15, 0.2) is 4.90 Å². The Kier molecular flexibility index (Phi) is 8.17. The molecule has 1 aromatic rings. The quantitative estimate of drug-likeness (QED) is 0.706. The molecule has 0 saturated carbocycles. The second-order valence-electron chi connectivity index (χ2n) is 7.14. The Labute approximate surface area is 161 Å². The van der Waals surface area contributed by atoms with Crippen LogP contribution in [0.3, 0.4) is 0 Å². The summed E-state index contributed by atoms with van der Waals surface area (Å²) in [5.74, 6) is -1.19. The number of rotatable bonds is 6. The van der Waals surface area contributed by atoms with Crippen molar-refractivity contribution in [3.8, 4) is 0 Å². The van der Waals surface area contributed by atoms with Gasteiger partial charge in [0, 0.05) is 6.07 Å². The molecule has 2 atom stereocenters. The highest BCUT2D eigenvalue weighted by molar-refractivity contribution is 7.90. The third-order valence-electron chi connectivity index (χ3n) is 3.01. The number of hydrogen-bond acceptors (Lipinski definition) is 4. The summed E-state index contributed by atoms with van der Waals surface area (Å²) in [4.78, 5) is 24.5. The van der Waals surface area contributed by atoms with Crippen LogP contribution < -0.4 is 10.0 Å². The minimum absolute atomic E-state index is 0.0920. The van der Waals surface area contributed by atoms with E-state index < -0.39 is 40.8 Å². The number of alkyl carbamates (subject to hydrolysis) is 1. The number of benzene rings is 1. The number of amides is 2. The van der Waals surface area contributed by atoms with Gasteiger partial charge >= 0.3 is 6.09 Å². The first-order valence-electron chi connectivity index (χ1n) is 8.06. The molecule has 1 aromatic carbocycles. The first kappa shape index (κ1) is 22.5. The van der Waals surface area contributed by atoms with Gasteiger partial charge in [0.1, 0.15) is 28.8 Å². The number of ether oxygens (including phenoxy) is 1. The van der Waals surface area contributed by atoms with Crippen LogP contribution in [0.4, 0.5) is 9.18 Å². The molecule has 1 rings (SSSR count). The van der Waals surface area contributed by atoms with Crippen molar-refractivity contribution in [1.29, 1.82) is 0 Å². The number of nitrogens with one attached hydrogen (secondary N) is 2. The lowest BCUT2D eigenvalue weighted by atomic mass is 10.0. The number of carbonyl (C=O) groups excluding carboxylic acids is 2. The molecule has 6 nitrogen and oxygen atoms in total. The highest BCUT2D eigenvalue weighted by atomic mass is 35.5. The van der Waals surface area contributed by atoms with Crippen LogP contribution in [0.1, 0.15) is 41.0 Å². The van der Waals surface area contributed by atoms with Crippen molar-refractivity contribution in [1.82, 2.24) is 10.0 Å². The minimum Gasteiger partial charge on any atom is -0.588 e. The Bertz CT molecular complexity index is 652. The van der Waals surface area contributed by atoms with Crippen LogP contribution in [0.2, 0.25) is 5.02 Å². The van der Waals surface area contributed by atoms with Crippen molar-refractivity contribution in [2.24, 2.45) is 5.92 Å². The molecule has 0 radical (unpaired) electrons. The van der Waals surface area contributed by atoms with Crippen molar-refractivity contribution < 1.29 is 23.3 Å². The van der Waals surface area contributed by atoms with Crippen LogP contribution in [0.25, 0.3) is 0 Å². The molecule has 0 heterocycles. The third kappa shape index (κ3) is 7.80. The monoisotopic (exact) mass is 406 g/mol. The average molecular weight is 407 g/mol. The predicted octanol–water partition coefficient (Wildman–Crippen LogP) is 3.56. The van der Waals surface area contributed by atoms with Crippen LogP contribution in [0.15, 0.2) is 23.1 Å². The maximum absolute atomic E-state index is 13.2. The highest BCUT2D eigenvalue weighted by Gasteiger charge is 2.28. The fourth-order valence-corrected chi connectivity index (χ4v) is 3.07. The highest BCUT2D eigenvalue weighted by Crippen LogP contribution is 2.19. The van der Waals surface area contributed by atoms with Gasteiger partial charge in [0.25, 0.3) is 5.91 Å². The summed E-state index contributed by atoms with van der Waals surface area (Å²) < 4.78 is 32.9. The van der Waals surface area contributed by atoms with Crippen molar-refractivity contribution in [3.05, 3.63) is 29.0 Å². The molecule has 0 aliphatic rings. The van der Waals surface area contributed by atoms with Gasteiger partial charge in [-0.3, -0.25) is 4.79 Å². The van der Waals surface area contributed by atoms with E-state index in [-0.39, 0.29) is 15.8 Å². The lowest BCUT2D eigenvalue weighted by molar-refractivity contribution is -0.121. The Balaban J connectivity index is 2.81. The van der Waals surface area contributed by atoms with Gasteiger partial charge in [0.05, 0.1) is 5.02 Å². The molecule has 146 valence electrons. The van der Waals surface area contributed by atoms with E-state index in [4.69, 9.17) is 16.3 Å². The average Bonchev–Trinajstić information content (AvgIpc) is 2.46. The summed E-state index contributed by atoms with van der Waals surface area (Å²) in [7, 11) is 0. The second kappa shape index (κ2) is 9.43. The Hall–Kier alpha value is -1.51. The van der Waals surface area contributed by atoms with E-state index in [9.17, 15) is 18.5 Å². The second-order valence-corrected chi connectivity index (χ2v) is 8.76. The molecule has 0 spiro atoms. The predicted molar refractivity (Wildman–Crippen MR) is 98.6 cm³/mol. The topological polar surface area (TPSA) is 90.5 Å². The van der Waals surface area contributed by atoms with Crippen molar-refractivity contribution in [3.63, 3.8) is 0 Å². The summed E-state index contributed by atoms with van der Waals surface area (Å²) in [6.45, 7) is 8.88. The molecular formula is C17H24ClFN2O4S. The number of halogens is 2. The van der Waals surface area contributed by atoms with E-state index in [2.05, 4.69) is 10.0 Å². The van der Waals surface area contributed by atoms with Crippen LogP contribution in [-0.2, 0) is 20.9 Å². The van der Waals surface area contributed by atoms with E-state index in [0.29, 0.717) is 6.42 Å². The fourth-order valence-electron chi connectivity index (χ4n) is 1.97. The molecule has 0 saturated heterocycles. The van der Waals surface area contributed by atoms with Crippen LogP contribution >= 0.6 is 11.6 Å². The lowest BCUT2D eigenvalue weighted by Gasteiger charge is -2.24. The Morgan fingerprint density at radius 2 is 1.96 bits per heavy atom. The van der Waals surface area contributed by atoms with Crippen molar-refractivity contribution in [2.75, 3.05) is 0 Å². The lowest BCUT2D eigenvalue weighted by Crippen LogP contribution is -2.50.